The molecule has 4 heteroatoms. The first-order valence-corrected chi connectivity index (χ1v) is 10.2. The fourth-order valence-corrected chi connectivity index (χ4v) is 3.20. The monoisotopic (exact) mass is 400 g/mol. The Morgan fingerprint density at radius 2 is 1.47 bits per heavy atom. The second kappa shape index (κ2) is 9.49. The third-order valence-corrected chi connectivity index (χ3v) is 5.12. The topological polar surface area (TPSA) is 51.0 Å². The summed E-state index contributed by atoms with van der Waals surface area (Å²) in [5.74, 6) is 0.480. The zero-order chi connectivity index (χ0) is 21.7. The third-order valence-electron chi connectivity index (χ3n) is 5.12. The van der Waals surface area contributed by atoms with Gasteiger partial charge >= 0.3 is 5.97 Å². The summed E-state index contributed by atoms with van der Waals surface area (Å²) in [7, 11) is 1.38. The van der Waals surface area contributed by atoms with Gasteiger partial charge in [-0.15, -0.1) is 5.11 Å². The van der Waals surface area contributed by atoms with Gasteiger partial charge in [-0.25, -0.2) is 4.79 Å². The first-order chi connectivity index (χ1) is 14.4. The van der Waals surface area contributed by atoms with Crippen LogP contribution in [0.2, 0.25) is 0 Å². The van der Waals surface area contributed by atoms with E-state index in [-0.39, 0.29) is 5.97 Å². The van der Waals surface area contributed by atoms with E-state index in [9.17, 15) is 4.79 Å². The van der Waals surface area contributed by atoms with Gasteiger partial charge in [-0.2, -0.15) is 5.11 Å². The van der Waals surface area contributed by atoms with Crippen LogP contribution in [0.3, 0.4) is 0 Å². The summed E-state index contributed by atoms with van der Waals surface area (Å²) in [4.78, 5) is 11.7. The van der Waals surface area contributed by atoms with Crippen LogP contribution in [-0.4, -0.2) is 13.1 Å². The molecule has 0 saturated heterocycles. The van der Waals surface area contributed by atoms with Gasteiger partial charge in [0.15, 0.2) is 0 Å². The van der Waals surface area contributed by atoms with Crippen molar-refractivity contribution in [2.24, 2.45) is 10.2 Å². The molecule has 0 N–H and O–H groups in total. The second-order valence-electron chi connectivity index (χ2n) is 7.95. The van der Waals surface area contributed by atoms with Crippen molar-refractivity contribution in [3.8, 4) is 11.1 Å². The van der Waals surface area contributed by atoms with Crippen LogP contribution in [0, 0.1) is 0 Å². The fraction of sp³-hybridized carbons (Fsp3) is 0.269. The maximum atomic E-state index is 11.7. The lowest BCUT2D eigenvalue weighted by atomic mass is 9.96. The fourth-order valence-electron chi connectivity index (χ4n) is 3.20. The largest absolute Gasteiger partial charge is 0.465 e. The molecule has 30 heavy (non-hydrogen) atoms. The Morgan fingerprint density at radius 3 is 2.10 bits per heavy atom. The molecule has 0 bridgehead atoms. The van der Waals surface area contributed by atoms with Crippen LogP contribution in [0.4, 0.5) is 11.4 Å². The molecular weight excluding hydrogens is 372 g/mol. The van der Waals surface area contributed by atoms with Crippen LogP contribution in [0.25, 0.3) is 11.1 Å². The Balaban J connectivity index is 2.01. The van der Waals surface area contributed by atoms with E-state index in [4.69, 9.17) is 4.74 Å². The van der Waals surface area contributed by atoms with Gasteiger partial charge < -0.3 is 4.74 Å². The van der Waals surface area contributed by atoms with Crippen molar-refractivity contribution in [2.75, 3.05) is 7.11 Å². The summed E-state index contributed by atoms with van der Waals surface area (Å²) >= 11 is 0. The summed E-state index contributed by atoms with van der Waals surface area (Å²) in [6.45, 7) is 8.65. The molecule has 0 atom stereocenters. The lowest BCUT2D eigenvalue weighted by Crippen LogP contribution is -2.00. The van der Waals surface area contributed by atoms with Crippen LogP contribution in [0.1, 0.15) is 61.0 Å². The second-order valence-corrected chi connectivity index (χ2v) is 7.95. The van der Waals surface area contributed by atoms with Crippen molar-refractivity contribution in [1.82, 2.24) is 0 Å². The molecule has 0 amide bonds. The minimum absolute atomic E-state index is 0.346. The molecule has 0 fully saturated rings. The third kappa shape index (κ3) is 5.01. The molecule has 0 aromatic heterocycles. The van der Waals surface area contributed by atoms with Crippen LogP contribution in [0.15, 0.2) is 77.0 Å². The molecule has 0 aliphatic rings. The quantitative estimate of drug-likeness (QED) is 0.313. The molecule has 3 aromatic carbocycles. The highest BCUT2D eigenvalue weighted by Crippen LogP contribution is 2.35. The van der Waals surface area contributed by atoms with Gasteiger partial charge in [0.1, 0.15) is 0 Å². The van der Waals surface area contributed by atoms with Crippen molar-refractivity contribution >= 4 is 17.3 Å². The molecule has 0 spiro atoms. The van der Waals surface area contributed by atoms with Crippen LogP contribution >= 0.6 is 0 Å². The SMILES string of the molecule is COC(=O)c1ccc(-c2ccc(C(C)C)cc2N=Nc2cccc(C(C)C)c2)cc1. The normalized spacial score (nSPS) is 11.4. The Kier molecular flexibility index (Phi) is 6.78. The Hall–Kier alpha value is -3.27. The predicted octanol–water partition coefficient (Wildman–Crippen LogP) is 7.80. The van der Waals surface area contributed by atoms with Crippen LogP contribution in [0.5, 0.6) is 0 Å². The highest BCUT2D eigenvalue weighted by molar-refractivity contribution is 5.90. The molecule has 0 aliphatic carbocycles. The number of esters is 1. The van der Waals surface area contributed by atoms with Gasteiger partial charge in [0.05, 0.1) is 24.0 Å². The smallest absolute Gasteiger partial charge is 0.337 e. The number of carbonyl (C=O) groups excluding carboxylic acids is 1. The van der Waals surface area contributed by atoms with E-state index in [2.05, 4.69) is 68.3 Å². The van der Waals surface area contributed by atoms with Gasteiger partial charge in [0, 0.05) is 5.56 Å². The average Bonchev–Trinajstić information content (AvgIpc) is 2.77. The number of azo groups is 1. The molecule has 154 valence electrons. The maximum Gasteiger partial charge on any atom is 0.337 e. The first-order valence-electron chi connectivity index (χ1n) is 10.2. The van der Waals surface area contributed by atoms with E-state index in [0.29, 0.717) is 17.4 Å². The number of rotatable bonds is 6. The summed E-state index contributed by atoms with van der Waals surface area (Å²) < 4.78 is 4.79. The van der Waals surface area contributed by atoms with Crippen LogP contribution < -0.4 is 0 Å². The zero-order valence-corrected chi connectivity index (χ0v) is 18.2. The van der Waals surface area contributed by atoms with E-state index in [1.807, 2.05) is 24.3 Å². The minimum Gasteiger partial charge on any atom is -0.465 e. The lowest BCUT2D eigenvalue weighted by molar-refractivity contribution is 0.0601. The molecular formula is C26H28N2O2. The zero-order valence-electron chi connectivity index (χ0n) is 18.2. The van der Waals surface area contributed by atoms with Gasteiger partial charge in [-0.1, -0.05) is 64.1 Å². The molecule has 3 aromatic rings. The van der Waals surface area contributed by atoms with E-state index >= 15 is 0 Å². The summed E-state index contributed by atoms with van der Waals surface area (Å²) in [6.07, 6.45) is 0. The number of carbonyl (C=O) groups is 1. The van der Waals surface area contributed by atoms with Crippen molar-refractivity contribution in [3.63, 3.8) is 0 Å². The molecule has 0 unspecified atom stereocenters. The van der Waals surface area contributed by atoms with E-state index in [0.717, 1.165) is 22.5 Å². The van der Waals surface area contributed by atoms with E-state index < -0.39 is 0 Å². The van der Waals surface area contributed by atoms with Gasteiger partial charge in [-0.05, 0) is 58.9 Å². The molecule has 0 heterocycles. The van der Waals surface area contributed by atoms with Crippen LogP contribution in [-0.2, 0) is 4.74 Å². The van der Waals surface area contributed by atoms with Gasteiger partial charge in [-0.3, -0.25) is 0 Å². The standard InChI is InChI=1S/C26H28N2O2/c1-17(2)21-7-6-8-23(15-21)27-28-25-16-22(18(3)4)13-14-24(25)19-9-11-20(12-10-19)26(29)30-5/h6-18H,1-5H3. The van der Waals surface area contributed by atoms with E-state index in [1.165, 1.54) is 18.2 Å². The Labute approximate surface area is 178 Å². The number of ether oxygens (including phenoxy) is 1. The maximum absolute atomic E-state index is 11.7. The molecule has 0 radical (unpaired) electrons. The molecule has 0 aliphatic heterocycles. The van der Waals surface area contributed by atoms with Crippen molar-refractivity contribution in [2.45, 2.75) is 39.5 Å². The number of hydrogen-bond acceptors (Lipinski definition) is 4. The van der Waals surface area contributed by atoms with E-state index in [1.54, 1.807) is 12.1 Å². The minimum atomic E-state index is -0.346. The summed E-state index contributed by atoms with van der Waals surface area (Å²) in [5.41, 5.74) is 6.55. The van der Waals surface area contributed by atoms with Gasteiger partial charge in [0.2, 0.25) is 0 Å². The number of methoxy groups -OCH3 is 1. The highest BCUT2D eigenvalue weighted by Gasteiger charge is 2.11. The summed E-state index contributed by atoms with van der Waals surface area (Å²) in [6, 6.07) is 21.8. The van der Waals surface area contributed by atoms with Crippen molar-refractivity contribution in [1.29, 1.82) is 0 Å². The average molecular weight is 401 g/mol. The lowest BCUT2D eigenvalue weighted by Gasteiger charge is -2.11. The Morgan fingerprint density at radius 1 is 0.800 bits per heavy atom. The molecule has 4 nitrogen and oxygen atoms in total. The number of hydrogen-bond donors (Lipinski definition) is 0. The predicted molar refractivity (Wildman–Crippen MR) is 122 cm³/mol. The summed E-state index contributed by atoms with van der Waals surface area (Å²) in [5, 5.41) is 9.12. The van der Waals surface area contributed by atoms with Crippen molar-refractivity contribution < 1.29 is 9.53 Å². The Bertz CT molecular complexity index is 1050. The highest BCUT2D eigenvalue weighted by atomic mass is 16.5. The van der Waals surface area contributed by atoms with Gasteiger partial charge in [0.25, 0.3) is 0 Å². The number of benzene rings is 3. The molecule has 0 saturated carbocycles. The first kappa shape index (κ1) is 21.4. The van der Waals surface area contributed by atoms with Crippen molar-refractivity contribution in [3.05, 3.63) is 83.4 Å². The molecule has 3 rings (SSSR count). The number of nitrogens with zero attached hydrogens (tertiary/aromatic N) is 2.